The Bertz CT molecular complexity index is 387. The average Bonchev–Trinajstić information content (AvgIpc) is 2.28. The van der Waals surface area contributed by atoms with Crippen LogP contribution in [-0.4, -0.2) is 69.1 Å². The maximum absolute atomic E-state index is 11.8. The van der Waals surface area contributed by atoms with Gasteiger partial charge in [-0.05, 0) is 0 Å². The van der Waals surface area contributed by atoms with Crippen LogP contribution in [0.15, 0.2) is 0 Å². The summed E-state index contributed by atoms with van der Waals surface area (Å²) in [4.78, 5) is 11.0. The predicted molar refractivity (Wildman–Crippen MR) is 63.4 cm³/mol. The third-order valence-electron chi connectivity index (χ3n) is 2.94. The molecule has 0 saturated carbocycles. The standard InChI is InChI=1S/C10H19NO6S/c1-11(18(14,15)7-9(12)16-2)8-10(13)3-5-17-6-4-10/h13H,3-8H2,1-2H3. The Hall–Kier alpha value is -0.700. The highest BCUT2D eigenvalue weighted by Crippen LogP contribution is 2.22. The second-order valence-electron chi connectivity index (χ2n) is 4.43. The fourth-order valence-corrected chi connectivity index (χ4v) is 2.81. The quantitative estimate of drug-likeness (QED) is 0.647. The topological polar surface area (TPSA) is 93.1 Å². The van der Waals surface area contributed by atoms with Crippen LogP contribution < -0.4 is 0 Å². The molecule has 7 nitrogen and oxygen atoms in total. The molecule has 0 radical (unpaired) electrons. The molecule has 1 fully saturated rings. The number of esters is 1. The van der Waals surface area contributed by atoms with E-state index in [1.807, 2.05) is 0 Å². The Morgan fingerprint density at radius 2 is 2.00 bits per heavy atom. The number of hydrogen-bond acceptors (Lipinski definition) is 6. The van der Waals surface area contributed by atoms with Gasteiger partial charge in [0.1, 0.15) is 0 Å². The molecule has 0 aromatic rings. The van der Waals surface area contributed by atoms with Crippen molar-refractivity contribution >= 4 is 16.0 Å². The van der Waals surface area contributed by atoms with Crippen LogP contribution in [0.1, 0.15) is 12.8 Å². The van der Waals surface area contributed by atoms with Crippen molar-refractivity contribution in [2.24, 2.45) is 0 Å². The zero-order valence-corrected chi connectivity index (χ0v) is 11.4. The second-order valence-corrected chi connectivity index (χ2v) is 6.50. The highest BCUT2D eigenvalue weighted by Gasteiger charge is 2.35. The first-order valence-electron chi connectivity index (χ1n) is 5.60. The summed E-state index contributed by atoms with van der Waals surface area (Å²) >= 11 is 0. The van der Waals surface area contributed by atoms with Crippen molar-refractivity contribution in [3.8, 4) is 0 Å². The van der Waals surface area contributed by atoms with E-state index in [0.29, 0.717) is 26.1 Å². The van der Waals surface area contributed by atoms with Crippen molar-refractivity contribution in [1.82, 2.24) is 4.31 Å². The summed E-state index contributed by atoms with van der Waals surface area (Å²) in [5.74, 6) is -1.53. The summed E-state index contributed by atoms with van der Waals surface area (Å²) in [6.45, 7) is 0.762. The van der Waals surface area contributed by atoms with Crippen molar-refractivity contribution in [2.45, 2.75) is 18.4 Å². The van der Waals surface area contributed by atoms with Crippen molar-refractivity contribution in [3.63, 3.8) is 0 Å². The van der Waals surface area contributed by atoms with E-state index in [-0.39, 0.29) is 6.54 Å². The molecule has 1 aliphatic heterocycles. The number of sulfonamides is 1. The largest absolute Gasteiger partial charge is 0.468 e. The Balaban J connectivity index is 2.63. The molecule has 1 aliphatic rings. The molecule has 1 rings (SSSR count). The van der Waals surface area contributed by atoms with Crippen LogP contribution in [0.25, 0.3) is 0 Å². The van der Waals surface area contributed by atoms with Gasteiger partial charge in [0.15, 0.2) is 5.75 Å². The average molecular weight is 281 g/mol. The van der Waals surface area contributed by atoms with Gasteiger partial charge in [-0.15, -0.1) is 0 Å². The molecule has 0 unspecified atom stereocenters. The minimum atomic E-state index is -3.75. The lowest BCUT2D eigenvalue weighted by molar-refractivity contribution is -0.137. The molecule has 8 heteroatoms. The lowest BCUT2D eigenvalue weighted by Crippen LogP contribution is -2.48. The van der Waals surface area contributed by atoms with Crippen molar-refractivity contribution < 1.29 is 27.8 Å². The number of carbonyl (C=O) groups excluding carboxylic acids is 1. The SMILES string of the molecule is COC(=O)CS(=O)(=O)N(C)CC1(O)CCOCC1. The minimum absolute atomic E-state index is 0.0459. The summed E-state index contributed by atoms with van der Waals surface area (Å²) < 4.78 is 34.0. The molecule has 1 saturated heterocycles. The highest BCUT2D eigenvalue weighted by atomic mass is 32.2. The molecule has 1 N–H and O–H groups in total. The number of carbonyl (C=O) groups is 1. The third-order valence-corrected chi connectivity index (χ3v) is 4.62. The summed E-state index contributed by atoms with van der Waals surface area (Å²) in [5, 5.41) is 10.2. The molecule has 1 heterocycles. The second kappa shape index (κ2) is 5.96. The smallest absolute Gasteiger partial charge is 0.322 e. The van der Waals surface area contributed by atoms with Gasteiger partial charge in [0.25, 0.3) is 0 Å². The van der Waals surface area contributed by atoms with Crippen molar-refractivity contribution in [3.05, 3.63) is 0 Å². The number of rotatable bonds is 5. The Kier molecular flexibility index (Phi) is 5.09. The van der Waals surface area contributed by atoms with E-state index in [0.717, 1.165) is 11.4 Å². The Morgan fingerprint density at radius 3 is 2.50 bits per heavy atom. The third kappa shape index (κ3) is 4.20. The van der Waals surface area contributed by atoms with E-state index in [1.54, 1.807) is 0 Å². The summed E-state index contributed by atoms with van der Waals surface area (Å²) in [6, 6.07) is 0. The van der Waals surface area contributed by atoms with Gasteiger partial charge < -0.3 is 14.6 Å². The first-order chi connectivity index (χ1) is 8.29. The van der Waals surface area contributed by atoms with E-state index in [1.165, 1.54) is 7.05 Å². The number of aliphatic hydroxyl groups is 1. The monoisotopic (exact) mass is 281 g/mol. The van der Waals surface area contributed by atoms with Crippen LogP contribution in [0.2, 0.25) is 0 Å². The molecule has 0 bridgehead atoms. The normalized spacial score (nSPS) is 19.8. The van der Waals surface area contributed by atoms with Crippen LogP contribution >= 0.6 is 0 Å². The maximum atomic E-state index is 11.8. The minimum Gasteiger partial charge on any atom is -0.468 e. The van der Waals surface area contributed by atoms with E-state index in [4.69, 9.17) is 4.74 Å². The first kappa shape index (κ1) is 15.4. The molecule has 0 aliphatic carbocycles. The van der Waals surface area contributed by atoms with Crippen molar-refractivity contribution in [1.29, 1.82) is 0 Å². The molecule has 0 atom stereocenters. The number of nitrogens with zero attached hydrogens (tertiary/aromatic N) is 1. The molecule has 18 heavy (non-hydrogen) atoms. The molecule has 106 valence electrons. The highest BCUT2D eigenvalue weighted by molar-refractivity contribution is 7.89. The molecule has 0 amide bonds. The Morgan fingerprint density at radius 1 is 1.44 bits per heavy atom. The number of methoxy groups -OCH3 is 1. The fraction of sp³-hybridized carbons (Fsp3) is 0.900. The first-order valence-corrected chi connectivity index (χ1v) is 7.21. The zero-order chi connectivity index (χ0) is 13.8. The lowest BCUT2D eigenvalue weighted by atomic mass is 9.95. The van der Waals surface area contributed by atoms with Crippen LogP contribution in [0, 0.1) is 0 Å². The molecular formula is C10H19NO6S. The van der Waals surface area contributed by atoms with Gasteiger partial charge in [0.05, 0.1) is 12.7 Å². The van der Waals surface area contributed by atoms with Gasteiger partial charge in [-0.3, -0.25) is 4.79 Å². The van der Waals surface area contributed by atoms with E-state index >= 15 is 0 Å². The fourth-order valence-electron chi connectivity index (χ4n) is 1.74. The molecular weight excluding hydrogens is 262 g/mol. The molecule has 0 aromatic heterocycles. The van der Waals surface area contributed by atoms with Crippen molar-refractivity contribution in [2.75, 3.05) is 39.7 Å². The lowest BCUT2D eigenvalue weighted by Gasteiger charge is -2.34. The van der Waals surface area contributed by atoms with E-state index < -0.39 is 27.3 Å². The molecule has 0 spiro atoms. The predicted octanol–water partition coefficient (Wildman–Crippen LogP) is -1.04. The summed E-state index contributed by atoms with van der Waals surface area (Å²) in [7, 11) is -1.28. The van der Waals surface area contributed by atoms with Gasteiger partial charge in [-0.2, -0.15) is 0 Å². The van der Waals surface area contributed by atoms with Crippen LogP contribution in [-0.2, 0) is 24.3 Å². The van der Waals surface area contributed by atoms with Gasteiger partial charge >= 0.3 is 5.97 Å². The van der Waals surface area contributed by atoms with Gasteiger partial charge in [0.2, 0.25) is 10.0 Å². The zero-order valence-electron chi connectivity index (χ0n) is 10.6. The Labute approximate surface area is 107 Å². The summed E-state index contributed by atoms with van der Waals surface area (Å²) in [6.07, 6.45) is 0.760. The van der Waals surface area contributed by atoms with Crippen LogP contribution in [0.4, 0.5) is 0 Å². The van der Waals surface area contributed by atoms with Crippen LogP contribution in [0.5, 0.6) is 0 Å². The number of likely N-dealkylation sites (N-methyl/N-ethyl adjacent to an activating group) is 1. The maximum Gasteiger partial charge on any atom is 0.322 e. The number of ether oxygens (including phenoxy) is 2. The van der Waals surface area contributed by atoms with E-state index in [2.05, 4.69) is 4.74 Å². The van der Waals surface area contributed by atoms with Gasteiger partial charge in [-0.25, -0.2) is 12.7 Å². The van der Waals surface area contributed by atoms with Gasteiger partial charge in [0, 0.05) is 39.6 Å². The molecule has 0 aromatic carbocycles. The van der Waals surface area contributed by atoms with E-state index in [9.17, 15) is 18.3 Å². The summed E-state index contributed by atoms with van der Waals surface area (Å²) in [5.41, 5.74) is -1.09. The van der Waals surface area contributed by atoms with Crippen LogP contribution in [0.3, 0.4) is 0 Å². The number of hydrogen-bond donors (Lipinski definition) is 1. The van der Waals surface area contributed by atoms with Gasteiger partial charge in [-0.1, -0.05) is 0 Å².